The Kier molecular flexibility index (Phi) is 5.70. The first-order valence-electron chi connectivity index (χ1n) is 6.20. The second-order valence-electron chi connectivity index (χ2n) is 4.29. The van der Waals surface area contributed by atoms with E-state index >= 15 is 0 Å². The molecule has 1 rings (SSSR count). The fraction of sp³-hybridized carbons (Fsp3) is 0.500. The third-order valence-corrected chi connectivity index (χ3v) is 2.75. The largest absolute Gasteiger partial charge is 0.356 e. The SMILES string of the molecule is CCNC(=O)CCNC(C)c1ccc(C)cc1. The van der Waals surface area contributed by atoms with Crippen molar-refractivity contribution >= 4 is 5.91 Å². The lowest BCUT2D eigenvalue weighted by molar-refractivity contribution is -0.120. The van der Waals surface area contributed by atoms with Crippen LogP contribution in [-0.2, 0) is 4.79 Å². The van der Waals surface area contributed by atoms with E-state index in [1.807, 2.05) is 6.92 Å². The molecule has 1 unspecified atom stereocenters. The Morgan fingerprint density at radius 1 is 1.29 bits per heavy atom. The van der Waals surface area contributed by atoms with Crippen molar-refractivity contribution < 1.29 is 4.79 Å². The number of rotatable bonds is 6. The molecule has 17 heavy (non-hydrogen) atoms. The number of hydrogen-bond donors (Lipinski definition) is 2. The van der Waals surface area contributed by atoms with Crippen LogP contribution >= 0.6 is 0 Å². The highest BCUT2D eigenvalue weighted by molar-refractivity contribution is 5.75. The Hall–Kier alpha value is -1.35. The van der Waals surface area contributed by atoms with Crippen LogP contribution in [0.25, 0.3) is 0 Å². The third-order valence-electron chi connectivity index (χ3n) is 2.75. The average molecular weight is 234 g/mol. The van der Waals surface area contributed by atoms with Crippen molar-refractivity contribution in [3.63, 3.8) is 0 Å². The quantitative estimate of drug-likeness (QED) is 0.792. The van der Waals surface area contributed by atoms with Gasteiger partial charge in [-0.3, -0.25) is 4.79 Å². The Balaban J connectivity index is 2.32. The highest BCUT2D eigenvalue weighted by Crippen LogP contribution is 2.12. The normalized spacial score (nSPS) is 12.2. The van der Waals surface area contributed by atoms with E-state index in [-0.39, 0.29) is 11.9 Å². The van der Waals surface area contributed by atoms with E-state index in [0.717, 1.165) is 0 Å². The second-order valence-corrected chi connectivity index (χ2v) is 4.29. The number of amides is 1. The van der Waals surface area contributed by atoms with Crippen LogP contribution in [0.4, 0.5) is 0 Å². The minimum absolute atomic E-state index is 0.108. The van der Waals surface area contributed by atoms with Crippen LogP contribution in [-0.4, -0.2) is 19.0 Å². The first-order valence-corrected chi connectivity index (χ1v) is 6.20. The molecule has 0 aliphatic heterocycles. The Morgan fingerprint density at radius 2 is 1.94 bits per heavy atom. The van der Waals surface area contributed by atoms with Crippen LogP contribution < -0.4 is 10.6 Å². The van der Waals surface area contributed by atoms with Crippen molar-refractivity contribution in [2.45, 2.75) is 33.2 Å². The fourth-order valence-corrected chi connectivity index (χ4v) is 1.66. The molecule has 0 aromatic heterocycles. The summed E-state index contributed by atoms with van der Waals surface area (Å²) in [4.78, 5) is 11.3. The lowest BCUT2D eigenvalue weighted by atomic mass is 10.1. The zero-order valence-corrected chi connectivity index (χ0v) is 10.9. The van der Waals surface area contributed by atoms with Crippen molar-refractivity contribution in [2.75, 3.05) is 13.1 Å². The summed E-state index contributed by atoms with van der Waals surface area (Å²) in [6.07, 6.45) is 0.532. The molecule has 3 heteroatoms. The number of nitrogens with one attached hydrogen (secondary N) is 2. The summed E-state index contributed by atoms with van der Waals surface area (Å²) in [6, 6.07) is 8.75. The molecule has 0 saturated carbocycles. The first-order chi connectivity index (χ1) is 8.13. The summed E-state index contributed by atoms with van der Waals surface area (Å²) in [5.41, 5.74) is 2.52. The molecule has 0 heterocycles. The maximum Gasteiger partial charge on any atom is 0.221 e. The van der Waals surface area contributed by atoms with Crippen molar-refractivity contribution in [1.29, 1.82) is 0 Å². The van der Waals surface area contributed by atoms with E-state index in [4.69, 9.17) is 0 Å². The third kappa shape index (κ3) is 5.00. The summed E-state index contributed by atoms with van der Waals surface area (Å²) in [5.74, 6) is 0.108. The van der Waals surface area contributed by atoms with E-state index in [1.54, 1.807) is 0 Å². The molecular weight excluding hydrogens is 212 g/mol. The van der Waals surface area contributed by atoms with Crippen LogP contribution in [0.3, 0.4) is 0 Å². The van der Waals surface area contributed by atoms with Crippen molar-refractivity contribution in [3.05, 3.63) is 35.4 Å². The minimum Gasteiger partial charge on any atom is -0.356 e. The van der Waals surface area contributed by atoms with Gasteiger partial charge in [0.05, 0.1) is 0 Å². The van der Waals surface area contributed by atoms with Gasteiger partial charge in [0, 0.05) is 25.6 Å². The molecule has 1 aromatic carbocycles. The maximum atomic E-state index is 11.3. The molecule has 1 atom stereocenters. The van der Waals surface area contributed by atoms with Gasteiger partial charge >= 0.3 is 0 Å². The zero-order chi connectivity index (χ0) is 12.7. The van der Waals surface area contributed by atoms with Crippen molar-refractivity contribution in [1.82, 2.24) is 10.6 Å². The summed E-state index contributed by atoms with van der Waals surface area (Å²) in [7, 11) is 0. The Labute approximate surface area is 104 Å². The van der Waals surface area contributed by atoms with Gasteiger partial charge in [-0.15, -0.1) is 0 Å². The van der Waals surface area contributed by atoms with Crippen LogP contribution in [0.15, 0.2) is 24.3 Å². The number of carbonyl (C=O) groups is 1. The van der Waals surface area contributed by atoms with Crippen LogP contribution in [0.1, 0.15) is 37.4 Å². The predicted molar refractivity (Wildman–Crippen MR) is 70.9 cm³/mol. The average Bonchev–Trinajstić information content (AvgIpc) is 2.30. The van der Waals surface area contributed by atoms with Crippen LogP contribution in [0.2, 0.25) is 0 Å². The van der Waals surface area contributed by atoms with Crippen LogP contribution in [0.5, 0.6) is 0 Å². The molecule has 0 saturated heterocycles. The molecule has 0 fully saturated rings. The number of hydrogen-bond acceptors (Lipinski definition) is 2. The molecule has 1 amide bonds. The molecule has 94 valence electrons. The summed E-state index contributed by atoms with van der Waals surface area (Å²) in [5, 5.41) is 6.13. The van der Waals surface area contributed by atoms with E-state index < -0.39 is 0 Å². The molecule has 2 N–H and O–H groups in total. The second kappa shape index (κ2) is 7.07. The molecule has 0 radical (unpaired) electrons. The predicted octanol–water partition coefficient (Wildman–Crippen LogP) is 2.17. The molecule has 3 nitrogen and oxygen atoms in total. The summed E-state index contributed by atoms with van der Waals surface area (Å²) >= 11 is 0. The maximum absolute atomic E-state index is 11.3. The van der Waals surface area contributed by atoms with E-state index in [2.05, 4.69) is 48.7 Å². The van der Waals surface area contributed by atoms with E-state index in [1.165, 1.54) is 11.1 Å². The van der Waals surface area contributed by atoms with Gasteiger partial charge in [-0.2, -0.15) is 0 Å². The topological polar surface area (TPSA) is 41.1 Å². The van der Waals surface area contributed by atoms with Gasteiger partial charge in [-0.25, -0.2) is 0 Å². The lowest BCUT2D eigenvalue weighted by Crippen LogP contribution is -2.28. The van der Waals surface area contributed by atoms with Gasteiger partial charge < -0.3 is 10.6 Å². The number of carbonyl (C=O) groups excluding carboxylic acids is 1. The van der Waals surface area contributed by atoms with Gasteiger partial charge in [0.15, 0.2) is 0 Å². The van der Waals surface area contributed by atoms with Crippen molar-refractivity contribution in [3.8, 4) is 0 Å². The number of aryl methyl sites for hydroxylation is 1. The van der Waals surface area contributed by atoms with E-state index in [9.17, 15) is 4.79 Å². The highest BCUT2D eigenvalue weighted by Gasteiger charge is 2.05. The van der Waals surface area contributed by atoms with Gasteiger partial charge in [0.25, 0.3) is 0 Å². The monoisotopic (exact) mass is 234 g/mol. The number of benzene rings is 1. The fourth-order valence-electron chi connectivity index (χ4n) is 1.66. The van der Waals surface area contributed by atoms with Crippen LogP contribution in [0, 0.1) is 6.92 Å². The molecule has 1 aromatic rings. The molecule has 0 spiro atoms. The zero-order valence-electron chi connectivity index (χ0n) is 10.9. The molecule has 0 bridgehead atoms. The van der Waals surface area contributed by atoms with Gasteiger partial charge in [-0.05, 0) is 26.3 Å². The Morgan fingerprint density at radius 3 is 2.53 bits per heavy atom. The summed E-state index contributed by atoms with van der Waals surface area (Å²) < 4.78 is 0. The van der Waals surface area contributed by atoms with E-state index in [0.29, 0.717) is 19.5 Å². The van der Waals surface area contributed by atoms with Gasteiger partial charge in [0.2, 0.25) is 5.91 Å². The highest BCUT2D eigenvalue weighted by atomic mass is 16.1. The molecular formula is C14H22N2O. The van der Waals surface area contributed by atoms with Gasteiger partial charge in [-0.1, -0.05) is 29.8 Å². The van der Waals surface area contributed by atoms with Crippen molar-refractivity contribution in [2.24, 2.45) is 0 Å². The Bertz CT molecular complexity index is 346. The first kappa shape index (κ1) is 13.7. The molecule has 0 aliphatic carbocycles. The summed E-state index contributed by atoms with van der Waals surface area (Å²) in [6.45, 7) is 7.53. The standard InChI is InChI=1S/C14H22N2O/c1-4-15-14(17)9-10-16-12(3)13-7-5-11(2)6-8-13/h5-8,12,16H,4,9-10H2,1-3H3,(H,15,17). The van der Waals surface area contributed by atoms with Gasteiger partial charge in [0.1, 0.15) is 0 Å². The minimum atomic E-state index is 0.108. The lowest BCUT2D eigenvalue weighted by Gasteiger charge is -2.14. The smallest absolute Gasteiger partial charge is 0.221 e. The molecule has 0 aliphatic rings.